The third kappa shape index (κ3) is 3.30. The monoisotopic (exact) mass is 211 g/mol. The number of hydrogen-bond donors (Lipinski definition) is 1. The molecule has 1 saturated heterocycles. The molecule has 2 aliphatic rings. The second-order valence-corrected chi connectivity index (χ2v) is 4.59. The molecule has 1 atom stereocenters. The highest BCUT2D eigenvalue weighted by molar-refractivity contribution is 5.07. The van der Waals surface area contributed by atoms with Gasteiger partial charge in [-0.15, -0.1) is 0 Å². The lowest BCUT2D eigenvalue weighted by Crippen LogP contribution is -2.38. The van der Waals surface area contributed by atoms with Gasteiger partial charge in [0.25, 0.3) is 0 Å². The maximum Gasteiger partial charge on any atom is 0.157 e. The largest absolute Gasteiger partial charge is 0.350 e. The minimum absolute atomic E-state index is 0.0289. The van der Waals surface area contributed by atoms with E-state index in [-0.39, 0.29) is 11.8 Å². The summed E-state index contributed by atoms with van der Waals surface area (Å²) in [6.45, 7) is 1.50. The van der Waals surface area contributed by atoms with Crippen LogP contribution in [0.15, 0.2) is 12.2 Å². The Balaban J connectivity index is 1.67. The van der Waals surface area contributed by atoms with E-state index in [1.165, 1.54) is 12.8 Å². The van der Waals surface area contributed by atoms with Crippen LogP contribution in [0, 0.1) is 0 Å². The van der Waals surface area contributed by atoms with Gasteiger partial charge in [0.1, 0.15) is 0 Å². The minimum atomic E-state index is -0.0587. The zero-order chi connectivity index (χ0) is 10.6. The average molecular weight is 211 g/mol. The number of ether oxygens (including phenoxy) is 2. The molecule has 1 aliphatic heterocycles. The van der Waals surface area contributed by atoms with Crippen LogP contribution in [-0.2, 0) is 9.47 Å². The van der Waals surface area contributed by atoms with Crippen molar-refractivity contribution in [2.75, 3.05) is 13.2 Å². The first kappa shape index (κ1) is 11.1. The Bertz CT molecular complexity index is 224. The standard InChI is InChI=1S/C12H21NO2/c13-12(6-2-1-3-7-12)8-4-5-11-14-9-10-15-11/h2,6,11H,1,3-5,7-10,13H2. The van der Waals surface area contributed by atoms with E-state index in [0.717, 1.165) is 38.9 Å². The molecule has 0 aromatic heterocycles. The zero-order valence-electron chi connectivity index (χ0n) is 9.28. The molecule has 0 spiro atoms. The molecule has 3 heteroatoms. The van der Waals surface area contributed by atoms with Crippen molar-refractivity contribution < 1.29 is 9.47 Å². The summed E-state index contributed by atoms with van der Waals surface area (Å²) in [6, 6.07) is 0. The van der Waals surface area contributed by atoms with Gasteiger partial charge in [0, 0.05) is 5.54 Å². The molecule has 0 bridgehead atoms. The van der Waals surface area contributed by atoms with Crippen molar-refractivity contribution in [2.24, 2.45) is 5.73 Å². The molecule has 86 valence electrons. The van der Waals surface area contributed by atoms with Crippen molar-refractivity contribution in [3.63, 3.8) is 0 Å². The first-order valence-corrected chi connectivity index (χ1v) is 5.98. The molecule has 2 rings (SSSR count). The van der Waals surface area contributed by atoms with Crippen LogP contribution in [0.2, 0.25) is 0 Å². The third-order valence-electron chi connectivity index (χ3n) is 3.24. The predicted molar refractivity (Wildman–Crippen MR) is 59.5 cm³/mol. The number of rotatable bonds is 4. The first-order valence-electron chi connectivity index (χ1n) is 5.98. The van der Waals surface area contributed by atoms with E-state index >= 15 is 0 Å². The molecule has 2 N–H and O–H groups in total. The van der Waals surface area contributed by atoms with Crippen molar-refractivity contribution in [1.82, 2.24) is 0 Å². The SMILES string of the molecule is NC1(CCCC2OCCO2)C=CCCC1. The average Bonchev–Trinajstić information content (AvgIpc) is 2.71. The molecular weight excluding hydrogens is 190 g/mol. The highest BCUT2D eigenvalue weighted by atomic mass is 16.7. The summed E-state index contributed by atoms with van der Waals surface area (Å²) in [6.07, 6.45) is 11.1. The Kier molecular flexibility index (Phi) is 3.78. The van der Waals surface area contributed by atoms with Gasteiger partial charge in [-0.3, -0.25) is 0 Å². The smallest absolute Gasteiger partial charge is 0.157 e. The first-order chi connectivity index (χ1) is 7.29. The van der Waals surface area contributed by atoms with Crippen LogP contribution in [0.3, 0.4) is 0 Å². The van der Waals surface area contributed by atoms with Crippen molar-refractivity contribution in [1.29, 1.82) is 0 Å². The summed E-state index contributed by atoms with van der Waals surface area (Å²) in [5, 5.41) is 0. The van der Waals surface area contributed by atoms with Gasteiger partial charge in [0.15, 0.2) is 6.29 Å². The van der Waals surface area contributed by atoms with Gasteiger partial charge in [0.05, 0.1) is 13.2 Å². The summed E-state index contributed by atoms with van der Waals surface area (Å²) in [4.78, 5) is 0. The van der Waals surface area contributed by atoms with Gasteiger partial charge in [-0.2, -0.15) is 0 Å². The molecule has 1 unspecified atom stereocenters. The Morgan fingerprint density at radius 2 is 2.13 bits per heavy atom. The molecule has 0 radical (unpaired) electrons. The van der Waals surface area contributed by atoms with Crippen molar-refractivity contribution in [2.45, 2.75) is 50.4 Å². The fraction of sp³-hybridized carbons (Fsp3) is 0.833. The van der Waals surface area contributed by atoms with Crippen LogP contribution in [0.1, 0.15) is 38.5 Å². The van der Waals surface area contributed by atoms with Gasteiger partial charge < -0.3 is 15.2 Å². The van der Waals surface area contributed by atoms with E-state index in [1.807, 2.05) is 0 Å². The topological polar surface area (TPSA) is 44.5 Å². The van der Waals surface area contributed by atoms with Gasteiger partial charge in [0.2, 0.25) is 0 Å². The van der Waals surface area contributed by atoms with E-state index < -0.39 is 0 Å². The van der Waals surface area contributed by atoms with Crippen LogP contribution in [-0.4, -0.2) is 25.0 Å². The van der Waals surface area contributed by atoms with Crippen LogP contribution in [0.25, 0.3) is 0 Å². The lowest BCUT2D eigenvalue weighted by atomic mass is 9.84. The summed E-state index contributed by atoms with van der Waals surface area (Å²) in [5.41, 5.74) is 6.22. The van der Waals surface area contributed by atoms with Crippen molar-refractivity contribution in [3.05, 3.63) is 12.2 Å². The quantitative estimate of drug-likeness (QED) is 0.723. The normalized spacial score (nSPS) is 32.3. The fourth-order valence-corrected chi connectivity index (χ4v) is 2.33. The highest BCUT2D eigenvalue weighted by Crippen LogP contribution is 2.25. The number of hydrogen-bond acceptors (Lipinski definition) is 3. The van der Waals surface area contributed by atoms with Crippen LogP contribution < -0.4 is 5.73 Å². The summed E-state index contributed by atoms with van der Waals surface area (Å²) in [7, 11) is 0. The van der Waals surface area contributed by atoms with Gasteiger partial charge in [-0.1, -0.05) is 12.2 Å². The maximum absolute atomic E-state index is 6.28. The Hall–Kier alpha value is -0.380. The summed E-state index contributed by atoms with van der Waals surface area (Å²) in [5.74, 6) is 0. The highest BCUT2D eigenvalue weighted by Gasteiger charge is 2.24. The van der Waals surface area contributed by atoms with E-state index in [0.29, 0.717) is 0 Å². The lowest BCUT2D eigenvalue weighted by molar-refractivity contribution is -0.0485. The molecule has 15 heavy (non-hydrogen) atoms. The Morgan fingerprint density at radius 1 is 1.33 bits per heavy atom. The predicted octanol–water partition coefficient (Wildman–Crippen LogP) is 1.97. The van der Waals surface area contributed by atoms with Crippen LogP contribution >= 0.6 is 0 Å². The molecule has 1 aliphatic carbocycles. The van der Waals surface area contributed by atoms with Crippen molar-refractivity contribution >= 4 is 0 Å². The number of allylic oxidation sites excluding steroid dienone is 1. The Labute approximate surface area is 91.6 Å². The van der Waals surface area contributed by atoms with Gasteiger partial charge in [-0.25, -0.2) is 0 Å². The van der Waals surface area contributed by atoms with Gasteiger partial charge in [-0.05, 0) is 38.5 Å². The fourth-order valence-electron chi connectivity index (χ4n) is 2.33. The molecule has 3 nitrogen and oxygen atoms in total. The van der Waals surface area contributed by atoms with Gasteiger partial charge >= 0.3 is 0 Å². The molecule has 1 fully saturated rings. The molecule has 1 heterocycles. The van der Waals surface area contributed by atoms with Crippen LogP contribution in [0.5, 0.6) is 0 Å². The van der Waals surface area contributed by atoms with E-state index in [1.54, 1.807) is 0 Å². The third-order valence-corrected chi connectivity index (χ3v) is 3.24. The molecule has 0 saturated carbocycles. The minimum Gasteiger partial charge on any atom is -0.350 e. The molecule has 0 amide bonds. The second kappa shape index (κ2) is 5.10. The molecule has 0 aromatic rings. The maximum atomic E-state index is 6.28. The molecule has 0 aromatic carbocycles. The summed E-state index contributed by atoms with van der Waals surface area (Å²) >= 11 is 0. The second-order valence-electron chi connectivity index (χ2n) is 4.59. The molecular formula is C12H21NO2. The van der Waals surface area contributed by atoms with E-state index in [2.05, 4.69) is 12.2 Å². The Morgan fingerprint density at radius 3 is 2.80 bits per heavy atom. The van der Waals surface area contributed by atoms with Crippen molar-refractivity contribution in [3.8, 4) is 0 Å². The zero-order valence-corrected chi connectivity index (χ0v) is 9.28. The lowest BCUT2D eigenvalue weighted by Gasteiger charge is -2.29. The summed E-state index contributed by atoms with van der Waals surface area (Å²) < 4.78 is 10.8. The van der Waals surface area contributed by atoms with Crippen LogP contribution in [0.4, 0.5) is 0 Å². The van der Waals surface area contributed by atoms with E-state index in [9.17, 15) is 0 Å². The number of nitrogens with two attached hydrogens (primary N) is 1. The van der Waals surface area contributed by atoms with E-state index in [4.69, 9.17) is 15.2 Å².